The zero-order chi connectivity index (χ0) is 12.4. The summed E-state index contributed by atoms with van der Waals surface area (Å²) in [5, 5.41) is 0. The first-order valence-electron chi connectivity index (χ1n) is 5.31. The number of carbonyl (C=O) groups excluding carboxylic acids is 1. The van der Waals surface area contributed by atoms with E-state index < -0.39 is 0 Å². The van der Waals surface area contributed by atoms with Crippen LogP contribution in [0.15, 0.2) is 12.1 Å². The molecule has 92 valence electrons. The molecule has 1 aliphatic rings. The van der Waals surface area contributed by atoms with Crippen molar-refractivity contribution in [3.8, 4) is 11.5 Å². The topological polar surface area (TPSA) is 38.8 Å². The molecule has 2 rings (SSSR count). The van der Waals surface area contributed by atoms with Crippen LogP contribution in [0.25, 0.3) is 0 Å². The summed E-state index contributed by atoms with van der Waals surface area (Å²) in [6.45, 7) is 2.76. The van der Waals surface area contributed by atoms with Gasteiger partial charge in [0.25, 0.3) is 0 Å². The van der Waals surface area contributed by atoms with Gasteiger partial charge in [-0.05, 0) is 30.2 Å². The van der Waals surface area contributed by atoms with Gasteiger partial charge in [0, 0.05) is 13.6 Å². The molecular formula is C12H14ClNO3. The van der Waals surface area contributed by atoms with Gasteiger partial charge in [-0.25, -0.2) is 0 Å². The average molecular weight is 256 g/mol. The Balaban J connectivity index is 2.19. The highest BCUT2D eigenvalue weighted by atomic mass is 35.5. The molecule has 0 saturated carbocycles. The molecule has 1 aliphatic heterocycles. The number of amides is 1. The lowest BCUT2D eigenvalue weighted by Gasteiger charge is -2.17. The van der Waals surface area contributed by atoms with E-state index in [0.29, 0.717) is 6.54 Å². The maximum atomic E-state index is 11.4. The van der Waals surface area contributed by atoms with Gasteiger partial charge < -0.3 is 14.4 Å². The fourth-order valence-corrected chi connectivity index (χ4v) is 1.91. The molecule has 0 aliphatic carbocycles. The van der Waals surface area contributed by atoms with Crippen molar-refractivity contribution < 1.29 is 14.3 Å². The van der Waals surface area contributed by atoms with E-state index in [1.54, 1.807) is 11.9 Å². The Morgan fingerprint density at radius 2 is 2.06 bits per heavy atom. The van der Waals surface area contributed by atoms with Gasteiger partial charge in [-0.1, -0.05) is 0 Å². The number of hydrogen-bond donors (Lipinski definition) is 0. The second kappa shape index (κ2) is 4.84. The SMILES string of the molecule is Cc1cc2c(cc1CN(C)C(=O)CCl)OCO2. The van der Waals surface area contributed by atoms with E-state index >= 15 is 0 Å². The molecule has 5 heteroatoms. The van der Waals surface area contributed by atoms with Gasteiger partial charge in [0.15, 0.2) is 11.5 Å². The molecule has 0 aromatic heterocycles. The highest BCUT2D eigenvalue weighted by Crippen LogP contribution is 2.34. The number of benzene rings is 1. The Labute approximate surface area is 105 Å². The Morgan fingerprint density at radius 3 is 2.71 bits per heavy atom. The fraction of sp³-hybridized carbons (Fsp3) is 0.417. The standard InChI is InChI=1S/C12H14ClNO3/c1-8-3-10-11(17-7-16-10)4-9(8)6-14(2)12(15)5-13/h3-4H,5-7H2,1-2H3. The monoisotopic (exact) mass is 255 g/mol. The van der Waals surface area contributed by atoms with Crippen LogP contribution < -0.4 is 9.47 Å². The molecular weight excluding hydrogens is 242 g/mol. The molecule has 0 saturated heterocycles. The van der Waals surface area contributed by atoms with E-state index in [1.165, 1.54) is 0 Å². The van der Waals surface area contributed by atoms with Crippen molar-refractivity contribution in [2.24, 2.45) is 0 Å². The summed E-state index contributed by atoms with van der Waals surface area (Å²) in [6, 6.07) is 3.84. The van der Waals surface area contributed by atoms with Gasteiger partial charge >= 0.3 is 0 Å². The van der Waals surface area contributed by atoms with E-state index in [9.17, 15) is 4.79 Å². The summed E-state index contributed by atoms with van der Waals surface area (Å²) < 4.78 is 10.6. The first-order valence-corrected chi connectivity index (χ1v) is 5.84. The van der Waals surface area contributed by atoms with Gasteiger partial charge in [-0.15, -0.1) is 11.6 Å². The summed E-state index contributed by atoms with van der Waals surface area (Å²) in [5.41, 5.74) is 2.11. The summed E-state index contributed by atoms with van der Waals surface area (Å²) in [4.78, 5) is 13.0. The summed E-state index contributed by atoms with van der Waals surface area (Å²) in [6.07, 6.45) is 0. The third-order valence-electron chi connectivity index (χ3n) is 2.78. The molecule has 0 unspecified atom stereocenters. The Morgan fingerprint density at radius 1 is 1.41 bits per heavy atom. The van der Waals surface area contributed by atoms with Crippen molar-refractivity contribution in [2.45, 2.75) is 13.5 Å². The predicted octanol–water partition coefficient (Wildman–Crippen LogP) is 1.92. The minimum absolute atomic E-state index is 0.0000987. The second-order valence-corrected chi connectivity index (χ2v) is 4.28. The van der Waals surface area contributed by atoms with E-state index in [-0.39, 0.29) is 18.6 Å². The quantitative estimate of drug-likeness (QED) is 0.775. The molecule has 0 fully saturated rings. The molecule has 4 nitrogen and oxygen atoms in total. The van der Waals surface area contributed by atoms with Crippen LogP contribution in [0.1, 0.15) is 11.1 Å². The van der Waals surface area contributed by atoms with Crippen LogP contribution in [-0.2, 0) is 11.3 Å². The Bertz CT molecular complexity index is 448. The molecule has 1 aromatic rings. The first kappa shape index (κ1) is 12.0. The normalized spacial score (nSPS) is 12.6. The summed E-state index contributed by atoms with van der Waals surface area (Å²) in [7, 11) is 1.73. The average Bonchev–Trinajstić information content (AvgIpc) is 2.75. The van der Waals surface area contributed by atoms with Crippen molar-refractivity contribution in [3.63, 3.8) is 0 Å². The second-order valence-electron chi connectivity index (χ2n) is 4.02. The molecule has 1 aromatic carbocycles. The number of rotatable bonds is 3. The lowest BCUT2D eigenvalue weighted by atomic mass is 10.1. The number of carbonyl (C=O) groups is 1. The van der Waals surface area contributed by atoms with E-state index in [1.807, 2.05) is 19.1 Å². The third-order valence-corrected chi connectivity index (χ3v) is 3.01. The lowest BCUT2D eigenvalue weighted by Crippen LogP contribution is -2.27. The predicted molar refractivity (Wildman–Crippen MR) is 64.5 cm³/mol. The maximum absolute atomic E-state index is 11.4. The zero-order valence-corrected chi connectivity index (χ0v) is 10.6. The molecule has 1 amide bonds. The van der Waals surface area contributed by atoms with Crippen LogP contribution in [0.5, 0.6) is 11.5 Å². The van der Waals surface area contributed by atoms with Crippen LogP contribution in [-0.4, -0.2) is 30.5 Å². The van der Waals surface area contributed by atoms with Crippen molar-refractivity contribution in [3.05, 3.63) is 23.3 Å². The largest absolute Gasteiger partial charge is 0.454 e. The van der Waals surface area contributed by atoms with Crippen LogP contribution in [0.3, 0.4) is 0 Å². The molecule has 0 atom stereocenters. The van der Waals surface area contributed by atoms with Crippen molar-refractivity contribution in [1.29, 1.82) is 0 Å². The fourth-order valence-electron chi connectivity index (χ4n) is 1.70. The number of halogens is 1. The van der Waals surface area contributed by atoms with Gasteiger partial charge in [0.05, 0.1) is 0 Å². The van der Waals surface area contributed by atoms with E-state index in [0.717, 1.165) is 22.6 Å². The van der Waals surface area contributed by atoms with Gasteiger partial charge in [-0.2, -0.15) is 0 Å². The third kappa shape index (κ3) is 2.47. The Hall–Kier alpha value is -1.42. The van der Waals surface area contributed by atoms with Gasteiger partial charge in [0.2, 0.25) is 12.7 Å². The minimum Gasteiger partial charge on any atom is -0.454 e. The highest BCUT2D eigenvalue weighted by Gasteiger charge is 2.17. The number of hydrogen-bond acceptors (Lipinski definition) is 3. The van der Waals surface area contributed by atoms with E-state index in [4.69, 9.17) is 21.1 Å². The molecule has 17 heavy (non-hydrogen) atoms. The summed E-state index contributed by atoms with van der Waals surface area (Å²) >= 11 is 5.51. The molecule has 0 radical (unpaired) electrons. The van der Waals surface area contributed by atoms with Crippen molar-refractivity contribution >= 4 is 17.5 Å². The molecule has 0 bridgehead atoms. The van der Waals surface area contributed by atoms with Crippen LogP contribution >= 0.6 is 11.6 Å². The maximum Gasteiger partial charge on any atom is 0.237 e. The summed E-state index contributed by atoms with van der Waals surface area (Å²) in [5.74, 6) is 1.40. The van der Waals surface area contributed by atoms with Crippen molar-refractivity contribution in [2.75, 3.05) is 19.7 Å². The first-order chi connectivity index (χ1) is 8.11. The molecule has 0 N–H and O–H groups in total. The molecule has 1 heterocycles. The number of alkyl halides is 1. The number of ether oxygens (including phenoxy) is 2. The van der Waals surface area contributed by atoms with E-state index in [2.05, 4.69) is 0 Å². The Kier molecular flexibility index (Phi) is 3.43. The number of fused-ring (bicyclic) bond motifs is 1. The number of nitrogens with zero attached hydrogens (tertiary/aromatic N) is 1. The lowest BCUT2D eigenvalue weighted by molar-refractivity contribution is -0.127. The van der Waals surface area contributed by atoms with Crippen LogP contribution in [0, 0.1) is 6.92 Å². The minimum atomic E-state index is -0.0938. The smallest absolute Gasteiger partial charge is 0.237 e. The van der Waals surface area contributed by atoms with Crippen LogP contribution in [0.4, 0.5) is 0 Å². The van der Waals surface area contributed by atoms with Gasteiger partial charge in [0.1, 0.15) is 5.88 Å². The van der Waals surface area contributed by atoms with Gasteiger partial charge in [-0.3, -0.25) is 4.79 Å². The highest BCUT2D eigenvalue weighted by molar-refractivity contribution is 6.27. The number of aryl methyl sites for hydroxylation is 1. The molecule has 0 spiro atoms. The zero-order valence-electron chi connectivity index (χ0n) is 9.83. The van der Waals surface area contributed by atoms with Crippen molar-refractivity contribution in [1.82, 2.24) is 4.90 Å². The van der Waals surface area contributed by atoms with Crippen LogP contribution in [0.2, 0.25) is 0 Å².